The number of hydrogen-bond acceptors (Lipinski definition) is 8. The van der Waals surface area contributed by atoms with E-state index in [-0.39, 0.29) is 27.4 Å². The lowest BCUT2D eigenvalue weighted by molar-refractivity contribution is -0.114. The van der Waals surface area contributed by atoms with Crippen molar-refractivity contribution in [2.75, 3.05) is 37.5 Å². The number of esters is 2. The molecule has 0 aliphatic heterocycles. The molecular weight excluding hydrogens is 500 g/mol. The first-order chi connectivity index (χ1) is 17.6. The smallest absolute Gasteiger partial charge is 0.339 e. The number of ether oxygens (including phenoxy) is 3. The Morgan fingerprint density at radius 3 is 2.14 bits per heavy atom. The molecule has 0 unspecified atom stereocenters. The normalized spacial score (nSPS) is 10.8. The van der Waals surface area contributed by atoms with E-state index in [4.69, 9.17) is 14.2 Å². The molecule has 0 aromatic heterocycles. The quantitative estimate of drug-likeness (QED) is 0.420. The number of rotatable bonds is 9. The molecule has 0 bridgehead atoms. The van der Waals surface area contributed by atoms with Gasteiger partial charge in [0, 0.05) is 0 Å². The molecule has 194 valence electrons. The van der Waals surface area contributed by atoms with Gasteiger partial charge in [0.15, 0.2) is 0 Å². The van der Waals surface area contributed by atoms with Crippen LogP contribution in [0.5, 0.6) is 5.75 Å². The Labute approximate surface area is 214 Å². The monoisotopic (exact) mass is 526 g/mol. The van der Waals surface area contributed by atoms with Gasteiger partial charge >= 0.3 is 11.9 Å². The third-order valence-corrected chi connectivity index (χ3v) is 7.18. The predicted octanol–water partition coefficient (Wildman–Crippen LogP) is 3.41. The average molecular weight is 527 g/mol. The Balaban J connectivity index is 2.00. The summed E-state index contributed by atoms with van der Waals surface area (Å²) in [5.41, 5.74) is 0.867. The minimum atomic E-state index is -4.19. The highest BCUT2D eigenvalue weighted by molar-refractivity contribution is 7.92. The van der Waals surface area contributed by atoms with E-state index >= 15 is 0 Å². The van der Waals surface area contributed by atoms with Gasteiger partial charge < -0.3 is 19.5 Å². The molecule has 0 radical (unpaired) electrons. The van der Waals surface area contributed by atoms with E-state index in [1.54, 1.807) is 37.3 Å². The first-order valence-corrected chi connectivity index (χ1v) is 12.4. The van der Waals surface area contributed by atoms with E-state index in [0.717, 1.165) is 4.31 Å². The molecule has 3 rings (SSSR count). The Kier molecular flexibility index (Phi) is 8.51. The maximum absolute atomic E-state index is 13.6. The van der Waals surface area contributed by atoms with Crippen LogP contribution in [-0.2, 0) is 24.3 Å². The second-order valence-corrected chi connectivity index (χ2v) is 9.63. The Morgan fingerprint density at radius 2 is 1.54 bits per heavy atom. The summed E-state index contributed by atoms with van der Waals surface area (Å²) < 4.78 is 42.9. The lowest BCUT2D eigenvalue weighted by Gasteiger charge is -2.24. The van der Waals surface area contributed by atoms with Gasteiger partial charge in [-0.2, -0.15) is 0 Å². The molecule has 0 aliphatic rings. The standard InChI is InChI=1S/C26H26N2O8S/c1-17-14-20(11-13-23(17)34-2)37(32,33)28(19-8-6-5-7-9-19)16-24(29)27-22-15-18(25(30)35-3)10-12-21(22)26(31)36-4/h5-15H,16H2,1-4H3,(H,27,29). The second-order valence-electron chi connectivity index (χ2n) is 7.77. The first kappa shape index (κ1) is 27.2. The van der Waals surface area contributed by atoms with Crippen molar-refractivity contribution in [1.29, 1.82) is 0 Å². The van der Waals surface area contributed by atoms with Crippen LogP contribution in [0.1, 0.15) is 26.3 Å². The molecule has 0 spiro atoms. The number of aryl methyl sites for hydroxylation is 1. The summed E-state index contributed by atoms with van der Waals surface area (Å²) >= 11 is 0. The SMILES string of the molecule is COC(=O)c1ccc(C(=O)OC)c(NC(=O)CN(c2ccccc2)S(=O)(=O)c2ccc(OC)c(C)c2)c1. The average Bonchev–Trinajstić information content (AvgIpc) is 2.91. The van der Waals surface area contributed by atoms with Gasteiger partial charge in [-0.15, -0.1) is 0 Å². The van der Waals surface area contributed by atoms with Gasteiger partial charge in [0.1, 0.15) is 12.3 Å². The van der Waals surface area contributed by atoms with Crippen molar-refractivity contribution in [3.05, 3.63) is 83.4 Å². The van der Waals surface area contributed by atoms with E-state index in [2.05, 4.69) is 5.32 Å². The zero-order chi connectivity index (χ0) is 27.2. The number of para-hydroxylation sites is 1. The molecule has 0 atom stereocenters. The molecular formula is C26H26N2O8S. The van der Waals surface area contributed by atoms with Crippen LogP contribution in [0, 0.1) is 6.92 Å². The summed E-state index contributed by atoms with van der Waals surface area (Å²) in [6.45, 7) is 1.08. The van der Waals surface area contributed by atoms with Gasteiger partial charge in [-0.05, 0) is 61.0 Å². The van der Waals surface area contributed by atoms with Crippen LogP contribution in [0.2, 0.25) is 0 Å². The van der Waals surface area contributed by atoms with Gasteiger partial charge in [-0.1, -0.05) is 18.2 Å². The Bertz CT molecular complexity index is 1420. The largest absolute Gasteiger partial charge is 0.496 e. The zero-order valence-corrected chi connectivity index (χ0v) is 21.5. The lowest BCUT2D eigenvalue weighted by Crippen LogP contribution is -2.38. The number of carbonyl (C=O) groups is 3. The van der Waals surface area contributed by atoms with Gasteiger partial charge in [-0.3, -0.25) is 9.10 Å². The highest BCUT2D eigenvalue weighted by atomic mass is 32.2. The molecule has 1 N–H and O–H groups in total. The van der Waals surface area contributed by atoms with Gasteiger partial charge in [-0.25, -0.2) is 18.0 Å². The maximum atomic E-state index is 13.6. The van der Waals surface area contributed by atoms with Crippen LogP contribution in [0.3, 0.4) is 0 Å². The van der Waals surface area contributed by atoms with Crippen LogP contribution in [0.4, 0.5) is 11.4 Å². The van der Waals surface area contributed by atoms with Crippen molar-refractivity contribution in [3.8, 4) is 5.75 Å². The van der Waals surface area contributed by atoms with Crippen molar-refractivity contribution in [2.24, 2.45) is 0 Å². The summed E-state index contributed by atoms with van der Waals surface area (Å²) in [4.78, 5) is 37.3. The molecule has 0 heterocycles. The van der Waals surface area contributed by atoms with Crippen LogP contribution >= 0.6 is 0 Å². The fourth-order valence-corrected chi connectivity index (χ4v) is 5.06. The summed E-state index contributed by atoms with van der Waals surface area (Å²) in [5.74, 6) is -1.68. The van der Waals surface area contributed by atoms with Crippen LogP contribution < -0.4 is 14.4 Å². The molecule has 3 aromatic carbocycles. The van der Waals surface area contributed by atoms with Gasteiger partial charge in [0.05, 0.1) is 48.7 Å². The number of nitrogens with zero attached hydrogens (tertiary/aromatic N) is 1. The van der Waals surface area contributed by atoms with Crippen LogP contribution in [0.15, 0.2) is 71.6 Å². The van der Waals surface area contributed by atoms with Crippen molar-refractivity contribution in [2.45, 2.75) is 11.8 Å². The molecule has 10 nitrogen and oxygen atoms in total. The zero-order valence-electron chi connectivity index (χ0n) is 20.7. The van der Waals surface area contributed by atoms with Crippen molar-refractivity contribution in [3.63, 3.8) is 0 Å². The maximum Gasteiger partial charge on any atom is 0.339 e. The number of benzene rings is 3. The third-order valence-electron chi connectivity index (χ3n) is 5.41. The predicted molar refractivity (Wildman–Crippen MR) is 136 cm³/mol. The highest BCUT2D eigenvalue weighted by Gasteiger charge is 2.28. The van der Waals surface area contributed by atoms with Gasteiger partial charge in [0.25, 0.3) is 10.0 Å². The lowest BCUT2D eigenvalue weighted by atomic mass is 10.1. The molecule has 1 amide bonds. The van der Waals surface area contributed by atoms with E-state index in [9.17, 15) is 22.8 Å². The molecule has 0 saturated carbocycles. The summed E-state index contributed by atoms with van der Waals surface area (Å²) in [7, 11) is -0.351. The van der Waals surface area contributed by atoms with Gasteiger partial charge in [0.2, 0.25) is 5.91 Å². The number of carbonyl (C=O) groups excluding carboxylic acids is 3. The Morgan fingerprint density at radius 1 is 0.865 bits per heavy atom. The number of sulfonamides is 1. The van der Waals surface area contributed by atoms with E-state index in [1.807, 2.05) is 0 Å². The Hall–Kier alpha value is -4.38. The van der Waals surface area contributed by atoms with E-state index in [0.29, 0.717) is 11.3 Å². The van der Waals surface area contributed by atoms with Crippen molar-refractivity contribution in [1.82, 2.24) is 0 Å². The topological polar surface area (TPSA) is 128 Å². The highest BCUT2D eigenvalue weighted by Crippen LogP contribution is 2.28. The third kappa shape index (κ3) is 6.07. The molecule has 0 fully saturated rings. The van der Waals surface area contributed by atoms with Crippen molar-refractivity contribution < 1.29 is 37.0 Å². The summed E-state index contributed by atoms with van der Waals surface area (Å²) in [5, 5.41) is 2.52. The van der Waals surface area contributed by atoms with Crippen LogP contribution in [-0.4, -0.2) is 54.1 Å². The molecule has 11 heteroatoms. The second kappa shape index (κ2) is 11.6. The minimum Gasteiger partial charge on any atom is -0.496 e. The number of amides is 1. The van der Waals surface area contributed by atoms with Crippen molar-refractivity contribution >= 4 is 39.2 Å². The molecule has 0 aliphatic carbocycles. The summed E-state index contributed by atoms with van der Waals surface area (Å²) in [6.07, 6.45) is 0. The van der Waals surface area contributed by atoms with Crippen LogP contribution in [0.25, 0.3) is 0 Å². The van der Waals surface area contributed by atoms with E-state index < -0.39 is 34.4 Å². The molecule has 0 saturated heterocycles. The van der Waals surface area contributed by atoms with E-state index in [1.165, 1.54) is 57.7 Å². The minimum absolute atomic E-state index is 0.0246. The molecule has 3 aromatic rings. The number of nitrogens with one attached hydrogen (secondary N) is 1. The fourth-order valence-electron chi connectivity index (χ4n) is 3.55. The summed E-state index contributed by atoms with van der Waals surface area (Å²) in [6, 6.07) is 16.4. The number of hydrogen-bond donors (Lipinski definition) is 1. The first-order valence-electron chi connectivity index (χ1n) is 10.9. The molecule has 37 heavy (non-hydrogen) atoms. The number of anilines is 2. The fraction of sp³-hybridized carbons (Fsp3) is 0.192. The number of methoxy groups -OCH3 is 3.